The van der Waals surface area contributed by atoms with Crippen molar-refractivity contribution in [3.8, 4) is 0 Å². The molecule has 2 aromatic carbocycles. The summed E-state index contributed by atoms with van der Waals surface area (Å²) in [7, 11) is -2.61. The molecule has 0 amide bonds. The summed E-state index contributed by atoms with van der Waals surface area (Å²) in [5.41, 5.74) is 0. The SMILES string of the molecule is CCOC(=O)C=CC(C)O[Si](c1ccccc1)(c1ccccc1)C(C)(C)C. The first-order valence-corrected chi connectivity index (χ1v) is 11.4. The molecule has 2 aromatic rings. The van der Waals surface area contributed by atoms with Gasteiger partial charge >= 0.3 is 5.97 Å². The summed E-state index contributed by atoms with van der Waals surface area (Å²) in [5, 5.41) is 2.35. The van der Waals surface area contributed by atoms with Gasteiger partial charge in [-0.3, -0.25) is 0 Å². The third-order valence-corrected chi connectivity index (χ3v) is 9.70. The Morgan fingerprint density at radius 2 is 1.48 bits per heavy atom. The highest BCUT2D eigenvalue weighted by Crippen LogP contribution is 2.37. The second-order valence-corrected chi connectivity index (χ2v) is 11.9. The molecule has 27 heavy (non-hydrogen) atoms. The van der Waals surface area contributed by atoms with Gasteiger partial charge in [-0.25, -0.2) is 4.79 Å². The van der Waals surface area contributed by atoms with E-state index in [1.54, 1.807) is 13.0 Å². The molecule has 0 aliphatic rings. The fourth-order valence-electron chi connectivity index (χ4n) is 3.41. The first-order chi connectivity index (χ1) is 12.8. The number of benzene rings is 2. The molecule has 3 nitrogen and oxygen atoms in total. The normalized spacial score (nSPS) is 13.5. The Kier molecular flexibility index (Phi) is 7.16. The van der Waals surface area contributed by atoms with E-state index in [0.29, 0.717) is 6.61 Å². The predicted molar refractivity (Wildman–Crippen MR) is 114 cm³/mol. The van der Waals surface area contributed by atoms with Crippen molar-refractivity contribution < 1.29 is 14.0 Å². The number of carbonyl (C=O) groups excluding carboxylic acids is 1. The first kappa shape index (κ1) is 21.1. The van der Waals surface area contributed by atoms with Gasteiger partial charge in [0, 0.05) is 6.08 Å². The van der Waals surface area contributed by atoms with Crippen molar-refractivity contribution >= 4 is 24.7 Å². The lowest BCUT2D eigenvalue weighted by Crippen LogP contribution is -2.67. The van der Waals surface area contributed by atoms with Gasteiger partial charge in [-0.15, -0.1) is 0 Å². The third kappa shape index (κ3) is 4.96. The maximum Gasteiger partial charge on any atom is 0.330 e. The van der Waals surface area contributed by atoms with Crippen LogP contribution in [0.4, 0.5) is 0 Å². The second-order valence-electron chi connectivity index (χ2n) is 7.60. The van der Waals surface area contributed by atoms with Gasteiger partial charge in [-0.1, -0.05) is 87.5 Å². The summed E-state index contributed by atoms with van der Waals surface area (Å²) >= 11 is 0. The summed E-state index contributed by atoms with van der Waals surface area (Å²) in [6.45, 7) is 10.9. The lowest BCUT2D eigenvalue weighted by atomic mass is 10.2. The van der Waals surface area contributed by atoms with Gasteiger partial charge in [0.1, 0.15) is 0 Å². The van der Waals surface area contributed by atoms with Crippen molar-refractivity contribution in [3.63, 3.8) is 0 Å². The molecule has 0 saturated carbocycles. The molecule has 0 bridgehead atoms. The van der Waals surface area contributed by atoms with Crippen molar-refractivity contribution in [2.75, 3.05) is 6.61 Å². The van der Waals surface area contributed by atoms with Crippen LogP contribution < -0.4 is 10.4 Å². The Balaban J connectivity index is 2.51. The second kappa shape index (κ2) is 9.15. The summed E-state index contributed by atoms with van der Waals surface area (Å²) in [5.74, 6) is -0.338. The zero-order valence-corrected chi connectivity index (χ0v) is 17.9. The molecule has 4 heteroatoms. The van der Waals surface area contributed by atoms with E-state index < -0.39 is 8.32 Å². The van der Waals surface area contributed by atoms with Crippen LogP contribution in [0.1, 0.15) is 34.6 Å². The molecule has 0 aliphatic carbocycles. The topological polar surface area (TPSA) is 35.5 Å². The fourth-order valence-corrected chi connectivity index (χ4v) is 8.06. The molecule has 0 fully saturated rings. The first-order valence-electron chi connectivity index (χ1n) is 9.45. The summed E-state index contributed by atoms with van der Waals surface area (Å²) in [4.78, 5) is 11.7. The molecule has 144 valence electrons. The monoisotopic (exact) mass is 382 g/mol. The van der Waals surface area contributed by atoms with Crippen molar-refractivity contribution in [1.82, 2.24) is 0 Å². The molecule has 0 N–H and O–H groups in total. The van der Waals surface area contributed by atoms with Crippen LogP contribution in [0.25, 0.3) is 0 Å². The molecule has 0 saturated heterocycles. The number of hydrogen-bond donors (Lipinski definition) is 0. The average molecular weight is 383 g/mol. The van der Waals surface area contributed by atoms with Gasteiger partial charge in [0.15, 0.2) is 0 Å². The van der Waals surface area contributed by atoms with E-state index in [1.165, 1.54) is 16.4 Å². The number of carbonyl (C=O) groups is 1. The van der Waals surface area contributed by atoms with Crippen molar-refractivity contribution in [1.29, 1.82) is 0 Å². The van der Waals surface area contributed by atoms with E-state index in [4.69, 9.17) is 9.16 Å². The minimum Gasteiger partial charge on any atom is -0.463 e. The van der Waals surface area contributed by atoms with Crippen LogP contribution in [0.2, 0.25) is 5.04 Å². The zero-order valence-electron chi connectivity index (χ0n) is 16.9. The fraction of sp³-hybridized carbons (Fsp3) is 0.348. The smallest absolute Gasteiger partial charge is 0.330 e. The highest BCUT2D eigenvalue weighted by atomic mass is 28.4. The van der Waals surface area contributed by atoms with Gasteiger partial charge in [0.25, 0.3) is 8.32 Å². The molecule has 0 heterocycles. The molecular weight excluding hydrogens is 352 g/mol. The number of hydrogen-bond acceptors (Lipinski definition) is 3. The van der Waals surface area contributed by atoms with Crippen LogP contribution in [0, 0.1) is 0 Å². The van der Waals surface area contributed by atoms with Gasteiger partial charge < -0.3 is 9.16 Å². The van der Waals surface area contributed by atoms with E-state index in [-0.39, 0.29) is 17.1 Å². The van der Waals surface area contributed by atoms with Gasteiger partial charge in [0.2, 0.25) is 0 Å². The third-order valence-electron chi connectivity index (χ3n) is 4.57. The molecule has 0 aromatic heterocycles. The van der Waals surface area contributed by atoms with Gasteiger partial charge in [-0.05, 0) is 29.3 Å². The highest BCUT2D eigenvalue weighted by molar-refractivity contribution is 6.99. The molecule has 0 aliphatic heterocycles. The van der Waals surface area contributed by atoms with Crippen LogP contribution in [0.15, 0.2) is 72.8 Å². The lowest BCUT2D eigenvalue weighted by Gasteiger charge is -2.44. The quantitative estimate of drug-likeness (QED) is 0.411. The van der Waals surface area contributed by atoms with E-state index >= 15 is 0 Å². The standard InChI is InChI=1S/C23H30O3Si/c1-6-25-22(24)18-17-19(2)26-27(23(3,4)5,20-13-9-7-10-14-20)21-15-11-8-12-16-21/h7-19H,6H2,1-5H3. The lowest BCUT2D eigenvalue weighted by molar-refractivity contribution is -0.137. The summed E-state index contributed by atoms with van der Waals surface area (Å²) in [6.07, 6.45) is 3.03. The Morgan fingerprint density at radius 1 is 1.00 bits per heavy atom. The minimum absolute atomic E-state index is 0.0955. The Hall–Kier alpha value is -2.17. The maximum absolute atomic E-state index is 11.7. The van der Waals surface area contributed by atoms with Gasteiger partial charge in [-0.2, -0.15) is 0 Å². The van der Waals surface area contributed by atoms with Crippen LogP contribution >= 0.6 is 0 Å². The molecule has 0 radical (unpaired) electrons. The Morgan fingerprint density at radius 3 is 1.89 bits per heavy atom. The highest BCUT2D eigenvalue weighted by Gasteiger charge is 2.50. The zero-order chi connectivity index (χ0) is 19.9. The molecule has 0 spiro atoms. The minimum atomic E-state index is -2.61. The van der Waals surface area contributed by atoms with E-state index in [0.717, 1.165) is 0 Å². The summed E-state index contributed by atoms with van der Waals surface area (Å²) in [6, 6.07) is 20.9. The van der Waals surface area contributed by atoms with E-state index in [1.807, 2.05) is 19.1 Å². The van der Waals surface area contributed by atoms with Crippen molar-refractivity contribution in [2.24, 2.45) is 0 Å². The number of esters is 1. The maximum atomic E-state index is 11.7. The molecule has 1 atom stereocenters. The predicted octanol–water partition coefficient (Wildman–Crippen LogP) is 4.07. The number of rotatable bonds is 7. The van der Waals surface area contributed by atoms with Crippen LogP contribution in [-0.4, -0.2) is 27.0 Å². The van der Waals surface area contributed by atoms with Crippen LogP contribution in [0.3, 0.4) is 0 Å². The molecule has 1 unspecified atom stereocenters. The number of ether oxygens (including phenoxy) is 1. The Bertz CT molecular complexity index is 709. The molecular formula is C23H30O3Si. The molecule has 2 rings (SSSR count). The van der Waals surface area contributed by atoms with E-state index in [9.17, 15) is 4.79 Å². The average Bonchev–Trinajstić information content (AvgIpc) is 2.65. The van der Waals surface area contributed by atoms with E-state index in [2.05, 4.69) is 69.3 Å². The van der Waals surface area contributed by atoms with Gasteiger partial charge in [0.05, 0.1) is 12.7 Å². The van der Waals surface area contributed by atoms with Crippen molar-refractivity contribution in [2.45, 2.75) is 45.8 Å². The Labute approximate surface area is 164 Å². The summed E-state index contributed by atoms with van der Waals surface area (Å²) < 4.78 is 11.8. The van der Waals surface area contributed by atoms with Crippen molar-refractivity contribution in [3.05, 3.63) is 72.8 Å². The largest absolute Gasteiger partial charge is 0.463 e. The van der Waals surface area contributed by atoms with Crippen LogP contribution in [0.5, 0.6) is 0 Å². The van der Waals surface area contributed by atoms with Crippen LogP contribution in [-0.2, 0) is 14.0 Å².